The van der Waals surface area contributed by atoms with Crippen molar-refractivity contribution < 1.29 is 22.7 Å². The van der Waals surface area contributed by atoms with Crippen molar-refractivity contribution in [3.05, 3.63) is 126 Å². The number of unbranched alkanes of at least 4 members (excludes halogenated alkanes) is 1. The number of ether oxygens (including phenoxy) is 1. The van der Waals surface area contributed by atoms with Crippen molar-refractivity contribution in [3.8, 4) is 11.5 Å². The molecule has 0 spiro atoms. The van der Waals surface area contributed by atoms with Crippen LogP contribution in [0, 0.1) is 6.92 Å². The number of amides is 2. The lowest BCUT2D eigenvalue weighted by Gasteiger charge is -2.33. The van der Waals surface area contributed by atoms with Gasteiger partial charge in [-0.2, -0.15) is 0 Å². The van der Waals surface area contributed by atoms with E-state index < -0.39 is 28.5 Å². The first kappa shape index (κ1) is 33.3. The van der Waals surface area contributed by atoms with E-state index in [4.69, 9.17) is 4.74 Å². The van der Waals surface area contributed by atoms with E-state index in [1.165, 1.54) is 4.90 Å². The van der Waals surface area contributed by atoms with Crippen LogP contribution in [0.3, 0.4) is 0 Å². The number of carbonyl (C=O) groups excluding carboxylic acids is 2. The first-order valence-electron chi connectivity index (χ1n) is 15.1. The second-order valence-electron chi connectivity index (χ2n) is 11.0. The Morgan fingerprint density at radius 2 is 1.44 bits per heavy atom. The highest BCUT2D eigenvalue weighted by atomic mass is 32.2. The number of carbonyl (C=O) groups is 2. The van der Waals surface area contributed by atoms with Gasteiger partial charge in [0.25, 0.3) is 0 Å². The molecule has 1 atom stereocenters. The summed E-state index contributed by atoms with van der Waals surface area (Å²) in [5, 5.41) is 3.00. The molecule has 4 rings (SSSR count). The van der Waals surface area contributed by atoms with Crippen molar-refractivity contribution in [2.24, 2.45) is 0 Å². The summed E-state index contributed by atoms with van der Waals surface area (Å²) in [6.45, 7) is 4.16. The molecule has 0 aromatic heterocycles. The maximum Gasteiger partial charge on any atom is 0.244 e. The van der Waals surface area contributed by atoms with Crippen molar-refractivity contribution in [2.75, 3.05) is 23.7 Å². The van der Waals surface area contributed by atoms with E-state index in [9.17, 15) is 18.0 Å². The summed E-state index contributed by atoms with van der Waals surface area (Å²) in [4.78, 5) is 29.5. The zero-order chi connectivity index (χ0) is 32.2. The van der Waals surface area contributed by atoms with E-state index in [1.54, 1.807) is 24.3 Å². The molecule has 0 heterocycles. The minimum Gasteiger partial charge on any atom is -0.457 e. The molecule has 9 heteroatoms. The topological polar surface area (TPSA) is 96.0 Å². The van der Waals surface area contributed by atoms with E-state index in [-0.39, 0.29) is 18.9 Å². The maximum absolute atomic E-state index is 14.3. The fourth-order valence-electron chi connectivity index (χ4n) is 4.99. The van der Waals surface area contributed by atoms with E-state index in [0.29, 0.717) is 23.7 Å². The normalized spacial score (nSPS) is 11.8. The summed E-state index contributed by atoms with van der Waals surface area (Å²) in [5.74, 6) is 0.408. The SMILES string of the molecule is CCCCNC(=O)[C@@H](Cc1ccccc1)N(Cc1cccc(C)c1)C(=O)CN(c1ccc(Oc2ccccc2)cc1)S(C)(=O)=O. The minimum atomic E-state index is -3.88. The van der Waals surface area contributed by atoms with Gasteiger partial charge in [-0.3, -0.25) is 13.9 Å². The Morgan fingerprint density at radius 1 is 0.822 bits per heavy atom. The molecule has 0 saturated carbocycles. The molecule has 0 aliphatic rings. The van der Waals surface area contributed by atoms with Crippen molar-refractivity contribution >= 4 is 27.5 Å². The Kier molecular flexibility index (Phi) is 11.8. The molecule has 2 amide bonds. The minimum absolute atomic E-state index is 0.140. The summed E-state index contributed by atoms with van der Waals surface area (Å²) in [6.07, 6.45) is 3.06. The molecule has 236 valence electrons. The lowest BCUT2D eigenvalue weighted by atomic mass is 10.0. The van der Waals surface area contributed by atoms with Crippen LogP contribution in [0.15, 0.2) is 109 Å². The summed E-state index contributed by atoms with van der Waals surface area (Å²) in [5.41, 5.74) is 3.07. The largest absolute Gasteiger partial charge is 0.457 e. The smallest absolute Gasteiger partial charge is 0.244 e. The molecule has 0 unspecified atom stereocenters. The fraction of sp³-hybridized carbons (Fsp3) is 0.278. The van der Waals surface area contributed by atoms with Gasteiger partial charge in [0.2, 0.25) is 21.8 Å². The van der Waals surface area contributed by atoms with E-state index in [0.717, 1.165) is 40.1 Å². The molecule has 0 fully saturated rings. The summed E-state index contributed by atoms with van der Waals surface area (Å²) < 4.78 is 33.1. The first-order valence-corrected chi connectivity index (χ1v) is 17.0. The van der Waals surface area contributed by atoms with Crippen LogP contribution in [0.5, 0.6) is 11.5 Å². The number of hydrogen-bond acceptors (Lipinski definition) is 5. The molecule has 4 aromatic rings. The standard InChI is InChI=1S/C36H41N3O5S/c1-4-5-23-37-36(41)34(25-29-14-8-6-9-15-29)38(26-30-16-12-13-28(2)24-30)35(40)27-39(45(3,42)43)31-19-21-33(22-20-31)44-32-17-10-7-11-18-32/h6-22,24,34H,4-5,23,25-27H2,1-3H3,(H,37,41)/t34-/m1/s1. The van der Waals surface area contributed by atoms with Crippen LogP contribution < -0.4 is 14.4 Å². The summed E-state index contributed by atoms with van der Waals surface area (Å²) in [7, 11) is -3.88. The predicted octanol–water partition coefficient (Wildman–Crippen LogP) is 6.11. The number of hydrogen-bond donors (Lipinski definition) is 1. The molecule has 0 saturated heterocycles. The number of benzene rings is 4. The number of nitrogens with zero attached hydrogens (tertiary/aromatic N) is 2. The van der Waals surface area contributed by atoms with Gasteiger partial charge in [0.05, 0.1) is 11.9 Å². The van der Waals surface area contributed by atoms with Crippen LogP contribution in [0.2, 0.25) is 0 Å². The van der Waals surface area contributed by atoms with E-state index in [1.807, 2.05) is 98.8 Å². The Hall–Kier alpha value is -4.63. The van der Waals surface area contributed by atoms with Crippen molar-refractivity contribution in [3.63, 3.8) is 0 Å². The highest BCUT2D eigenvalue weighted by Gasteiger charge is 2.33. The third kappa shape index (κ3) is 9.94. The number of anilines is 1. The van der Waals surface area contributed by atoms with Crippen LogP contribution in [0.4, 0.5) is 5.69 Å². The fourth-order valence-corrected chi connectivity index (χ4v) is 5.84. The van der Waals surface area contributed by atoms with Crippen LogP contribution in [0.1, 0.15) is 36.5 Å². The van der Waals surface area contributed by atoms with Crippen molar-refractivity contribution in [2.45, 2.75) is 45.7 Å². The second kappa shape index (κ2) is 15.9. The number of sulfonamides is 1. The van der Waals surface area contributed by atoms with Gasteiger partial charge in [0, 0.05) is 19.5 Å². The molecule has 8 nitrogen and oxygen atoms in total. The molecular weight excluding hydrogens is 586 g/mol. The van der Waals surface area contributed by atoms with Crippen LogP contribution >= 0.6 is 0 Å². The number of nitrogens with one attached hydrogen (secondary N) is 1. The van der Waals surface area contributed by atoms with Gasteiger partial charge in [-0.05, 0) is 60.9 Å². The maximum atomic E-state index is 14.3. The van der Waals surface area contributed by atoms with Gasteiger partial charge in [0.1, 0.15) is 24.1 Å². The quantitative estimate of drug-likeness (QED) is 0.161. The Labute approximate surface area is 266 Å². The average Bonchev–Trinajstić information content (AvgIpc) is 3.02. The molecule has 0 aliphatic heterocycles. The van der Waals surface area contributed by atoms with Crippen molar-refractivity contribution in [1.82, 2.24) is 10.2 Å². The lowest BCUT2D eigenvalue weighted by Crippen LogP contribution is -2.53. The molecule has 4 aromatic carbocycles. The zero-order valence-corrected chi connectivity index (χ0v) is 26.9. The monoisotopic (exact) mass is 627 g/mol. The predicted molar refractivity (Wildman–Crippen MR) is 179 cm³/mol. The molecule has 0 radical (unpaired) electrons. The highest BCUT2D eigenvalue weighted by Crippen LogP contribution is 2.26. The van der Waals surface area contributed by atoms with Crippen molar-refractivity contribution in [1.29, 1.82) is 0 Å². The van der Waals surface area contributed by atoms with Crippen LogP contribution in [-0.4, -0.2) is 50.5 Å². The molecule has 0 aliphatic carbocycles. The van der Waals surface area contributed by atoms with Gasteiger partial charge >= 0.3 is 0 Å². The summed E-state index contributed by atoms with van der Waals surface area (Å²) >= 11 is 0. The average molecular weight is 628 g/mol. The third-order valence-electron chi connectivity index (χ3n) is 7.32. The molecule has 0 bridgehead atoms. The molecular formula is C36H41N3O5S. The number of para-hydroxylation sites is 1. The third-order valence-corrected chi connectivity index (χ3v) is 8.46. The first-order chi connectivity index (χ1) is 21.6. The molecule has 1 N–H and O–H groups in total. The molecule has 45 heavy (non-hydrogen) atoms. The van der Waals surface area contributed by atoms with Gasteiger partial charge in [-0.1, -0.05) is 91.7 Å². The van der Waals surface area contributed by atoms with Gasteiger partial charge in [0.15, 0.2) is 0 Å². The van der Waals surface area contributed by atoms with E-state index >= 15 is 0 Å². The van der Waals surface area contributed by atoms with Gasteiger partial charge in [-0.25, -0.2) is 8.42 Å². The van der Waals surface area contributed by atoms with Crippen LogP contribution in [0.25, 0.3) is 0 Å². The Morgan fingerprint density at radius 3 is 2.07 bits per heavy atom. The zero-order valence-electron chi connectivity index (χ0n) is 26.1. The van der Waals surface area contributed by atoms with E-state index in [2.05, 4.69) is 5.32 Å². The Bertz CT molecular complexity index is 1650. The lowest BCUT2D eigenvalue weighted by molar-refractivity contribution is -0.140. The Balaban J connectivity index is 1.66. The number of aryl methyl sites for hydroxylation is 1. The highest BCUT2D eigenvalue weighted by molar-refractivity contribution is 7.92. The number of rotatable bonds is 15. The van der Waals surface area contributed by atoms with Crippen LogP contribution in [-0.2, 0) is 32.6 Å². The van der Waals surface area contributed by atoms with Gasteiger partial charge in [-0.15, -0.1) is 0 Å². The second-order valence-corrected chi connectivity index (χ2v) is 12.9. The van der Waals surface area contributed by atoms with Gasteiger partial charge < -0.3 is 15.0 Å². The summed E-state index contributed by atoms with van der Waals surface area (Å²) in [6, 6.07) is 32.2.